The van der Waals surface area contributed by atoms with E-state index < -0.39 is 0 Å². The molecule has 0 aromatic carbocycles. The van der Waals surface area contributed by atoms with Crippen LogP contribution in [0.3, 0.4) is 0 Å². The van der Waals surface area contributed by atoms with Crippen LogP contribution in [0.2, 0.25) is 0 Å². The van der Waals surface area contributed by atoms with Gasteiger partial charge in [-0.15, -0.1) is 0 Å². The fourth-order valence-electron chi connectivity index (χ4n) is 0.561. The first kappa shape index (κ1) is 5.35. The summed E-state index contributed by atoms with van der Waals surface area (Å²) in [6.07, 6.45) is 7.86. The van der Waals surface area contributed by atoms with E-state index in [9.17, 15) is 0 Å². The van der Waals surface area contributed by atoms with E-state index in [0.29, 0.717) is 21.2 Å². The van der Waals surface area contributed by atoms with Crippen LogP contribution in [-0.2, 0) is 0 Å². The molecule has 0 nitrogen and oxygen atoms in total. The monoisotopic (exact) mass is 207 g/mol. The first-order valence-electron chi connectivity index (χ1n) is 2.28. The summed E-state index contributed by atoms with van der Waals surface area (Å²) in [4.78, 5) is 2.30. The minimum absolute atomic E-state index is 0.403. The van der Waals surface area contributed by atoms with Crippen molar-refractivity contribution in [3.63, 3.8) is 0 Å². The van der Waals surface area contributed by atoms with Crippen LogP contribution in [0.5, 0.6) is 0 Å². The molecule has 0 heterocycles. The SMILES string of the molecule is C[I-]C1=CC=CC1. The van der Waals surface area contributed by atoms with Gasteiger partial charge in [0.05, 0.1) is 0 Å². The van der Waals surface area contributed by atoms with E-state index in [2.05, 4.69) is 23.2 Å². The fraction of sp³-hybridized carbons (Fsp3) is 0.333. The molecule has 0 N–H and O–H groups in total. The minimum atomic E-state index is 0.403. The average molecular weight is 207 g/mol. The van der Waals surface area contributed by atoms with Gasteiger partial charge in [0.25, 0.3) is 0 Å². The third-order valence-corrected chi connectivity index (χ3v) is 3.15. The topological polar surface area (TPSA) is 0 Å². The zero-order chi connectivity index (χ0) is 5.11. The van der Waals surface area contributed by atoms with Gasteiger partial charge in [-0.05, 0) is 0 Å². The molecule has 0 bridgehead atoms. The van der Waals surface area contributed by atoms with Crippen LogP contribution in [0.1, 0.15) is 6.42 Å². The Kier molecular flexibility index (Phi) is 1.91. The number of hydrogen-bond acceptors (Lipinski definition) is 0. The molecule has 0 unspecified atom stereocenters. The number of rotatable bonds is 1. The number of halogens is 1. The molecule has 1 aliphatic carbocycles. The molecule has 0 saturated carbocycles. The normalized spacial score (nSPS) is 18.1. The molecule has 0 aliphatic heterocycles. The van der Waals surface area contributed by atoms with Crippen molar-refractivity contribution in [2.75, 3.05) is 4.93 Å². The molecule has 0 fully saturated rings. The molecule has 0 saturated heterocycles. The molecule has 1 rings (SSSR count). The quantitative estimate of drug-likeness (QED) is 0.364. The number of hydrogen-bond donors (Lipinski definition) is 0. The van der Waals surface area contributed by atoms with Crippen LogP contribution in [0.25, 0.3) is 0 Å². The second-order valence-electron chi connectivity index (χ2n) is 1.43. The van der Waals surface area contributed by atoms with Gasteiger partial charge in [-0.2, -0.15) is 0 Å². The third-order valence-electron chi connectivity index (χ3n) is 0.969. The maximum absolute atomic E-state index is 2.30. The summed E-state index contributed by atoms with van der Waals surface area (Å²) in [6, 6.07) is 0. The Morgan fingerprint density at radius 3 is 2.86 bits per heavy atom. The molecular weight excluding hydrogens is 199 g/mol. The molecule has 1 heteroatoms. The summed E-state index contributed by atoms with van der Waals surface area (Å²) in [5.74, 6) is 0. The van der Waals surface area contributed by atoms with Gasteiger partial charge in [0.1, 0.15) is 0 Å². The molecular formula is C6H8I-. The van der Waals surface area contributed by atoms with Gasteiger partial charge in [0.15, 0.2) is 0 Å². The van der Waals surface area contributed by atoms with Crippen molar-refractivity contribution in [2.45, 2.75) is 6.42 Å². The second-order valence-corrected chi connectivity index (χ2v) is 3.90. The van der Waals surface area contributed by atoms with E-state index in [1.54, 1.807) is 3.58 Å². The van der Waals surface area contributed by atoms with Crippen molar-refractivity contribution < 1.29 is 21.2 Å². The molecule has 0 amide bonds. The number of allylic oxidation sites excluding steroid dienone is 4. The Morgan fingerprint density at radius 2 is 2.57 bits per heavy atom. The van der Waals surface area contributed by atoms with Gasteiger partial charge >= 0.3 is 54.4 Å². The van der Waals surface area contributed by atoms with Crippen molar-refractivity contribution in [3.8, 4) is 0 Å². The molecule has 40 valence electrons. The molecule has 0 spiro atoms. The van der Waals surface area contributed by atoms with Gasteiger partial charge in [-0.1, -0.05) is 0 Å². The zero-order valence-corrected chi connectivity index (χ0v) is 6.47. The van der Waals surface area contributed by atoms with Gasteiger partial charge in [0.2, 0.25) is 0 Å². The van der Waals surface area contributed by atoms with Gasteiger partial charge in [0, 0.05) is 0 Å². The fourth-order valence-corrected chi connectivity index (χ4v) is 1.82. The van der Waals surface area contributed by atoms with Crippen molar-refractivity contribution >= 4 is 0 Å². The third kappa shape index (κ3) is 1.30. The zero-order valence-electron chi connectivity index (χ0n) is 4.32. The summed E-state index contributed by atoms with van der Waals surface area (Å²) in [7, 11) is 0. The molecule has 0 atom stereocenters. The van der Waals surface area contributed by atoms with Crippen molar-refractivity contribution in [2.24, 2.45) is 0 Å². The molecule has 0 aromatic heterocycles. The standard InChI is InChI=1S/C6H8I/c1-7-6-4-2-3-5-6/h2-4H,5H2,1H3/q-1. The van der Waals surface area contributed by atoms with Crippen LogP contribution in [0.15, 0.2) is 21.8 Å². The Hall–Kier alpha value is 0.210. The van der Waals surface area contributed by atoms with E-state index in [1.165, 1.54) is 6.42 Å². The second kappa shape index (κ2) is 2.50. The predicted molar refractivity (Wildman–Crippen MR) is 27.8 cm³/mol. The van der Waals surface area contributed by atoms with Gasteiger partial charge in [-0.3, -0.25) is 0 Å². The van der Waals surface area contributed by atoms with Crippen molar-refractivity contribution in [1.82, 2.24) is 0 Å². The van der Waals surface area contributed by atoms with E-state index >= 15 is 0 Å². The maximum atomic E-state index is 2.30. The summed E-state index contributed by atoms with van der Waals surface area (Å²) in [5, 5.41) is 0. The Balaban J connectivity index is 2.45. The van der Waals surface area contributed by atoms with Crippen LogP contribution in [-0.4, -0.2) is 4.93 Å². The Labute approximate surface area is 54.6 Å². The summed E-state index contributed by atoms with van der Waals surface area (Å²) in [5.41, 5.74) is 0. The van der Waals surface area contributed by atoms with Crippen molar-refractivity contribution in [3.05, 3.63) is 21.8 Å². The summed E-state index contributed by atoms with van der Waals surface area (Å²) >= 11 is 0.403. The van der Waals surface area contributed by atoms with Crippen LogP contribution in [0, 0.1) is 0 Å². The first-order chi connectivity index (χ1) is 3.43. The van der Waals surface area contributed by atoms with Crippen molar-refractivity contribution in [1.29, 1.82) is 0 Å². The van der Waals surface area contributed by atoms with E-state index in [4.69, 9.17) is 0 Å². The molecule has 0 radical (unpaired) electrons. The number of alkyl halides is 1. The molecule has 7 heavy (non-hydrogen) atoms. The Bertz CT molecular complexity index is 111. The molecule has 0 aromatic rings. The first-order valence-corrected chi connectivity index (χ1v) is 5.52. The predicted octanol–water partition coefficient (Wildman–Crippen LogP) is -1.45. The summed E-state index contributed by atoms with van der Waals surface area (Å²) < 4.78 is 1.67. The van der Waals surface area contributed by atoms with Crippen LogP contribution >= 0.6 is 0 Å². The average Bonchev–Trinajstić information content (AvgIpc) is 2.14. The van der Waals surface area contributed by atoms with Gasteiger partial charge < -0.3 is 0 Å². The summed E-state index contributed by atoms with van der Waals surface area (Å²) in [6.45, 7) is 0. The molecule has 1 aliphatic rings. The van der Waals surface area contributed by atoms with Crippen LogP contribution in [0.4, 0.5) is 0 Å². The van der Waals surface area contributed by atoms with Crippen LogP contribution < -0.4 is 21.2 Å². The van der Waals surface area contributed by atoms with E-state index in [0.717, 1.165) is 0 Å². The van der Waals surface area contributed by atoms with E-state index in [-0.39, 0.29) is 0 Å². The Morgan fingerprint density at radius 1 is 1.71 bits per heavy atom. The van der Waals surface area contributed by atoms with E-state index in [1.807, 2.05) is 0 Å². The van der Waals surface area contributed by atoms with Gasteiger partial charge in [-0.25, -0.2) is 0 Å².